The molecule has 5 nitrogen and oxygen atoms in total. The predicted octanol–water partition coefficient (Wildman–Crippen LogP) is 4.64. The van der Waals surface area contributed by atoms with E-state index in [1.165, 1.54) is 18.4 Å². The molecule has 2 aliphatic heterocycles. The van der Waals surface area contributed by atoms with E-state index < -0.39 is 5.41 Å². The van der Waals surface area contributed by atoms with Gasteiger partial charge in [-0.15, -0.1) is 0 Å². The van der Waals surface area contributed by atoms with Crippen LogP contribution in [-0.4, -0.2) is 43.7 Å². The van der Waals surface area contributed by atoms with Gasteiger partial charge in [0.1, 0.15) is 11.2 Å². The van der Waals surface area contributed by atoms with Crippen molar-refractivity contribution < 1.29 is 4.74 Å². The van der Waals surface area contributed by atoms with Crippen LogP contribution in [0.3, 0.4) is 0 Å². The van der Waals surface area contributed by atoms with Gasteiger partial charge in [0.15, 0.2) is 0 Å². The van der Waals surface area contributed by atoms with Crippen LogP contribution in [0.25, 0.3) is 0 Å². The van der Waals surface area contributed by atoms with Crippen LogP contribution in [0.2, 0.25) is 0 Å². The Balaban J connectivity index is 1.32. The molecule has 2 atom stereocenters. The normalized spacial score (nSPS) is 21.5. The Morgan fingerprint density at radius 2 is 1.73 bits per heavy atom. The summed E-state index contributed by atoms with van der Waals surface area (Å²) in [6.07, 6.45) is 6.56. The van der Waals surface area contributed by atoms with E-state index in [0.717, 1.165) is 57.6 Å². The Morgan fingerprint density at radius 1 is 0.970 bits per heavy atom. The van der Waals surface area contributed by atoms with Crippen molar-refractivity contribution in [3.63, 3.8) is 0 Å². The number of nitrogens with one attached hydrogen (secondary N) is 1. The van der Waals surface area contributed by atoms with E-state index in [0.29, 0.717) is 18.1 Å². The van der Waals surface area contributed by atoms with Crippen LogP contribution in [-0.2, 0) is 5.41 Å². The molecule has 172 valence electrons. The van der Waals surface area contributed by atoms with Crippen LogP contribution in [0.15, 0.2) is 54.6 Å². The van der Waals surface area contributed by atoms with Gasteiger partial charge in [0.25, 0.3) is 0 Å². The zero-order valence-corrected chi connectivity index (χ0v) is 19.4. The van der Waals surface area contributed by atoms with E-state index in [1.807, 2.05) is 18.2 Å². The molecule has 0 aromatic heterocycles. The molecule has 2 aromatic carbocycles. The van der Waals surface area contributed by atoms with Crippen LogP contribution in [0.1, 0.15) is 49.7 Å². The third-order valence-corrected chi connectivity index (χ3v) is 7.40. The molecule has 2 fully saturated rings. The average Bonchev–Trinajstić information content (AvgIpc) is 2.90. The number of nitrogens with zero attached hydrogens (tertiary/aromatic N) is 3. The van der Waals surface area contributed by atoms with Crippen LogP contribution in [0.4, 0.5) is 0 Å². The Labute approximate surface area is 198 Å². The van der Waals surface area contributed by atoms with Crippen molar-refractivity contribution >= 4 is 0 Å². The summed E-state index contributed by atoms with van der Waals surface area (Å²) in [6, 6.07) is 23.0. The largest absolute Gasteiger partial charge is 0.494 e. The summed E-state index contributed by atoms with van der Waals surface area (Å²) < 4.78 is 5.84. The minimum atomic E-state index is -0.452. The topological polar surface area (TPSA) is 72.1 Å². The summed E-state index contributed by atoms with van der Waals surface area (Å²) in [5, 5.41) is 23.2. The quantitative estimate of drug-likeness (QED) is 0.603. The zero-order chi connectivity index (χ0) is 22.9. The fourth-order valence-corrected chi connectivity index (χ4v) is 5.63. The molecule has 4 rings (SSSR count). The third-order valence-electron chi connectivity index (χ3n) is 7.40. The van der Waals surface area contributed by atoms with Gasteiger partial charge in [-0.1, -0.05) is 36.8 Å². The van der Waals surface area contributed by atoms with Crippen molar-refractivity contribution in [3.05, 3.63) is 65.7 Å². The molecule has 0 bridgehead atoms. The van der Waals surface area contributed by atoms with Gasteiger partial charge in [-0.3, -0.25) is 0 Å². The first-order chi connectivity index (χ1) is 16.3. The van der Waals surface area contributed by atoms with Gasteiger partial charge in [0.2, 0.25) is 0 Å². The number of piperidine rings is 2. The van der Waals surface area contributed by atoms with Gasteiger partial charge in [-0.25, -0.2) is 0 Å². The molecule has 33 heavy (non-hydrogen) atoms. The van der Waals surface area contributed by atoms with E-state index in [4.69, 9.17) is 10.00 Å². The average molecular weight is 443 g/mol. The lowest BCUT2D eigenvalue weighted by atomic mass is 9.62. The highest BCUT2D eigenvalue weighted by molar-refractivity contribution is 5.37. The van der Waals surface area contributed by atoms with Gasteiger partial charge in [0, 0.05) is 12.6 Å². The summed E-state index contributed by atoms with van der Waals surface area (Å²) in [7, 11) is 0. The lowest BCUT2D eigenvalue weighted by Gasteiger charge is -2.46. The fraction of sp³-hybridized carbons (Fsp3) is 0.500. The maximum absolute atomic E-state index is 10.6. The monoisotopic (exact) mass is 442 g/mol. The fourth-order valence-electron chi connectivity index (χ4n) is 5.63. The number of nitriles is 2. The minimum absolute atomic E-state index is 0.232. The molecule has 0 amide bonds. The standard InChI is InChI=1S/C28H34N4O/c29-21-23-10-12-26(13-11-23)33-20-6-17-32-18-14-25(15-19-32)28(22-30,24-7-2-1-3-8-24)27-9-4-5-16-31-27/h1-3,7-8,10-13,25,27,31H,4-6,9,14-20H2. The highest BCUT2D eigenvalue weighted by atomic mass is 16.5. The van der Waals surface area contributed by atoms with Crippen LogP contribution in [0, 0.1) is 28.6 Å². The van der Waals surface area contributed by atoms with Gasteiger partial charge in [0.05, 0.1) is 24.3 Å². The first-order valence-corrected chi connectivity index (χ1v) is 12.3. The second kappa shape index (κ2) is 11.3. The number of rotatable bonds is 8. The number of ether oxygens (including phenoxy) is 1. The molecule has 5 heteroatoms. The van der Waals surface area contributed by atoms with Crippen LogP contribution < -0.4 is 10.1 Å². The first kappa shape index (κ1) is 23.3. The van der Waals surface area contributed by atoms with Gasteiger partial charge >= 0.3 is 0 Å². The Bertz CT molecular complexity index is 948. The second-order valence-electron chi connectivity index (χ2n) is 9.30. The van der Waals surface area contributed by atoms with Crippen molar-refractivity contribution in [3.8, 4) is 17.9 Å². The molecular formula is C28H34N4O. The summed E-state index contributed by atoms with van der Waals surface area (Å²) >= 11 is 0. The highest BCUT2D eigenvalue weighted by Gasteiger charge is 2.48. The first-order valence-electron chi connectivity index (χ1n) is 12.3. The molecule has 2 aromatic rings. The van der Waals surface area contributed by atoms with Gasteiger partial charge < -0.3 is 15.0 Å². The number of likely N-dealkylation sites (tertiary alicyclic amines) is 1. The van der Waals surface area contributed by atoms with Crippen molar-refractivity contribution in [2.45, 2.75) is 50.0 Å². The van der Waals surface area contributed by atoms with E-state index >= 15 is 0 Å². The molecule has 1 N–H and O–H groups in total. The molecule has 0 radical (unpaired) electrons. The molecule has 0 spiro atoms. The predicted molar refractivity (Wildman–Crippen MR) is 130 cm³/mol. The van der Waals surface area contributed by atoms with E-state index in [2.05, 4.69) is 46.6 Å². The summed E-state index contributed by atoms with van der Waals surface area (Å²) in [5.74, 6) is 1.18. The third kappa shape index (κ3) is 5.38. The SMILES string of the molecule is N#Cc1ccc(OCCCN2CCC(C(C#N)(c3ccccc3)C3CCCCN3)CC2)cc1. The van der Waals surface area contributed by atoms with E-state index in [1.54, 1.807) is 12.1 Å². The highest BCUT2D eigenvalue weighted by Crippen LogP contribution is 2.43. The zero-order valence-electron chi connectivity index (χ0n) is 19.4. The Hall–Kier alpha value is -2.86. The molecule has 0 saturated carbocycles. The van der Waals surface area contributed by atoms with Crippen molar-refractivity contribution in [1.82, 2.24) is 10.2 Å². The maximum atomic E-state index is 10.6. The van der Waals surface area contributed by atoms with E-state index in [-0.39, 0.29) is 6.04 Å². The van der Waals surface area contributed by atoms with Crippen LogP contribution >= 0.6 is 0 Å². The van der Waals surface area contributed by atoms with Crippen molar-refractivity contribution in [2.75, 3.05) is 32.8 Å². The molecule has 2 unspecified atom stereocenters. The number of benzene rings is 2. The Kier molecular flexibility index (Phi) is 8.00. The lowest BCUT2D eigenvalue weighted by molar-refractivity contribution is 0.115. The van der Waals surface area contributed by atoms with Crippen LogP contribution in [0.5, 0.6) is 5.75 Å². The van der Waals surface area contributed by atoms with Gasteiger partial charge in [-0.2, -0.15) is 10.5 Å². The minimum Gasteiger partial charge on any atom is -0.494 e. The smallest absolute Gasteiger partial charge is 0.119 e. The summed E-state index contributed by atoms with van der Waals surface area (Å²) in [6.45, 7) is 4.76. The summed E-state index contributed by atoms with van der Waals surface area (Å²) in [4.78, 5) is 2.51. The maximum Gasteiger partial charge on any atom is 0.119 e. The lowest BCUT2D eigenvalue weighted by Crippen LogP contribution is -2.56. The Morgan fingerprint density at radius 3 is 2.36 bits per heavy atom. The second-order valence-corrected chi connectivity index (χ2v) is 9.30. The number of hydrogen-bond donors (Lipinski definition) is 1. The number of hydrogen-bond acceptors (Lipinski definition) is 5. The summed E-state index contributed by atoms with van der Waals surface area (Å²) in [5.41, 5.74) is 1.38. The van der Waals surface area contributed by atoms with Gasteiger partial charge in [-0.05, 0) is 87.5 Å². The molecular weight excluding hydrogens is 408 g/mol. The van der Waals surface area contributed by atoms with Crippen molar-refractivity contribution in [2.24, 2.45) is 5.92 Å². The molecule has 2 saturated heterocycles. The van der Waals surface area contributed by atoms with E-state index in [9.17, 15) is 5.26 Å². The molecule has 2 aliphatic rings. The van der Waals surface area contributed by atoms with Crippen molar-refractivity contribution in [1.29, 1.82) is 10.5 Å². The molecule has 2 heterocycles. The molecule has 0 aliphatic carbocycles.